The normalized spacial score (nSPS) is 10.4. The van der Waals surface area contributed by atoms with Gasteiger partial charge in [0.1, 0.15) is 5.75 Å². The van der Waals surface area contributed by atoms with Crippen LogP contribution in [0.25, 0.3) is 11.1 Å². The Morgan fingerprint density at radius 3 is 2.43 bits per heavy atom. The highest BCUT2D eigenvalue weighted by Gasteiger charge is 2.09. The van der Waals surface area contributed by atoms with Gasteiger partial charge in [0.25, 0.3) is 0 Å². The molecule has 3 rings (SSSR count). The van der Waals surface area contributed by atoms with Gasteiger partial charge in [-0.05, 0) is 23.8 Å². The number of carbonyl (C=O) groups is 1. The molecule has 0 bridgehead atoms. The highest BCUT2D eigenvalue weighted by Crippen LogP contribution is 2.24. The summed E-state index contributed by atoms with van der Waals surface area (Å²) in [6.07, 6.45) is 6.61. The second-order valence-corrected chi connectivity index (χ2v) is 6.34. The number of ether oxygens (including phenoxy) is 1. The van der Waals surface area contributed by atoms with Crippen LogP contribution < -0.4 is 9.64 Å². The number of nitrogens with zero attached hydrogens (tertiary/aromatic N) is 6. The zero-order valence-corrected chi connectivity index (χ0v) is 16.1. The molecule has 0 aliphatic rings. The van der Waals surface area contributed by atoms with Crippen LogP contribution in [0.5, 0.6) is 11.6 Å². The monoisotopic (exact) mass is 378 g/mol. The van der Waals surface area contributed by atoms with Gasteiger partial charge in [-0.3, -0.25) is 9.78 Å². The lowest BCUT2D eigenvalue weighted by Crippen LogP contribution is -2.33. The molecule has 0 aliphatic carbocycles. The van der Waals surface area contributed by atoms with E-state index in [0.29, 0.717) is 30.5 Å². The molecule has 0 aliphatic heterocycles. The van der Waals surface area contributed by atoms with Crippen LogP contribution in [0, 0.1) is 0 Å². The van der Waals surface area contributed by atoms with Crippen LogP contribution in [-0.4, -0.2) is 58.2 Å². The van der Waals surface area contributed by atoms with Gasteiger partial charge in [-0.2, -0.15) is 15.2 Å². The van der Waals surface area contributed by atoms with Crippen molar-refractivity contribution in [3.63, 3.8) is 0 Å². The van der Waals surface area contributed by atoms with Crippen molar-refractivity contribution in [2.75, 3.05) is 32.1 Å². The van der Waals surface area contributed by atoms with E-state index in [-0.39, 0.29) is 5.91 Å². The van der Waals surface area contributed by atoms with Gasteiger partial charge < -0.3 is 14.5 Å². The lowest BCUT2D eigenvalue weighted by molar-refractivity contribution is -0.127. The summed E-state index contributed by atoms with van der Waals surface area (Å²) in [6.45, 7) is 2.79. The molecule has 0 N–H and O–H groups in total. The molecule has 0 atom stereocenters. The first-order chi connectivity index (χ1) is 13.5. The number of anilines is 1. The van der Waals surface area contributed by atoms with Crippen molar-refractivity contribution in [3.8, 4) is 22.8 Å². The first-order valence-electron chi connectivity index (χ1n) is 8.83. The van der Waals surface area contributed by atoms with E-state index in [1.54, 1.807) is 43.7 Å². The molecular weight excluding hydrogens is 356 g/mol. The van der Waals surface area contributed by atoms with Gasteiger partial charge >= 0.3 is 0 Å². The molecule has 2 heterocycles. The highest BCUT2D eigenvalue weighted by atomic mass is 16.5. The van der Waals surface area contributed by atoms with Crippen molar-refractivity contribution < 1.29 is 9.53 Å². The summed E-state index contributed by atoms with van der Waals surface area (Å²) in [5, 5.41) is 7.67. The van der Waals surface area contributed by atoms with Gasteiger partial charge in [0, 0.05) is 39.7 Å². The van der Waals surface area contributed by atoms with Crippen molar-refractivity contribution in [1.29, 1.82) is 0 Å². The second-order valence-electron chi connectivity index (χ2n) is 6.34. The van der Waals surface area contributed by atoms with E-state index < -0.39 is 0 Å². The molecule has 0 fully saturated rings. The number of likely N-dealkylation sites (N-methyl/N-ethyl adjacent to an activating group) is 2. The summed E-state index contributed by atoms with van der Waals surface area (Å²) in [4.78, 5) is 23.6. The Bertz CT molecular complexity index is 917. The summed E-state index contributed by atoms with van der Waals surface area (Å²) >= 11 is 0. The molecule has 8 heteroatoms. The summed E-state index contributed by atoms with van der Waals surface area (Å²) < 4.78 is 5.83. The molecule has 2 aromatic heterocycles. The maximum Gasteiger partial charge on any atom is 0.239 e. The van der Waals surface area contributed by atoms with E-state index in [0.717, 1.165) is 11.1 Å². The smallest absolute Gasteiger partial charge is 0.239 e. The lowest BCUT2D eigenvalue weighted by atomic mass is 10.1. The van der Waals surface area contributed by atoms with E-state index in [1.165, 1.54) is 0 Å². The van der Waals surface area contributed by atoms with Crippen LogP contribution in [0.2, 0.25) is 0 Å². The van der Waals surface area contributed by atoms with Gasteiger partial charge in [-0.1, -0.05) is 12.1 Å². The zero-order chi connectivity index (χ0) is 19.9. The van der Waals surface area contributed by atoms with Crippen LogP contribution in [-0.2, 0) is 4.79 Å². The molecule has 144 valence electrons. The maximum absolute atomic E-state index is 11.3. The summed E-state index contributed by atoms with van der Waals surface area (Å²) in [5.74, 6) is 1.77. The second kappa shape index (κ2) is 8.90. The van der Waals surface area contributed by atoms with Crippen LogP contribution in [0.15, 0.2) is 55.1 Å². The average Bonchev–Trinajstić information content (AvgIpc) is 2.73. The third-order valence-electron chi connectivity index (χ3n) is 4.29. The Morgan fingerprint density at radius 2 is 1.75 bits per heavy atom. The van der Waals surface area contributed by atoms with Crippen LogP contribution >= 0.6 is 0 Å². The Morgan fingerprint density at radius 1 is 0.964 bits per heavy atom. The maximum atomic E-state index is 11.3. The van der Waals surface area contributed by atoms with Crippen LogP contribution in [0.1, 0.15) is 6.92 Å². The first kappa shape index (κ1) is 19.2. The molecule has 8 nitrogen and oxygen atoms in total. The number of aromatic nitrogens is 4. The Kier molecular flexibility index (Phi) is 6.11. The van der Waals surface area contributed by atoms with Gasteiger partial charge in [0.2, 0.25) is 11.8 Å². The average molecular weight is 378 g/mol. The molecule has 1 amide bonds. The molecule has 0 spiro atoms. The van der Waals surface area contributed by atoms with E-state index in [9.17, 15) is 4.79 Å². The van der Waals surface area contributed by atoms with Crippen molar-refractivity contribution in [3.05, 3.63) is 55.1 Å². The Labute approximate surface area is 163 Å². The predicted molar refractivity (Wildman–Crippen MR) is 106 cm³/mol. The molecule has 0 radical (unpaired) electrons. The minimum absolute atomic E-state index is 0.0302. The number of amides is 1. The third-order valence-corrected chi connectivity index (χ3v) is 4.29. The SMILES string of the molecule is CC(=O)N(C)CCN(C)c1cncc(Oc2ccc(-c3ccnnc3)cc2)n1. The lowest BCUT2D eigenvalue weighted by Gasteiger charge is -2.22. The molecule has 3 aromatic rings. The van der Waals surface area contributed by atoms with Crippen LogP contribution in [0.4, 0.5) is 5.82 Å². The minimum Gasteiger partial charge on any atom is -0.437 e. The van der Waals surface area contributed by atoms with E-state index >= 15 is 0 Å². The molecule has 1 aromatic carbocycles. The molecule has 0 saturated carbocycles. The number of hydrogen-bond donors (Lipinski definition) is 0. The van der Waals surface area contributed by atoms with E-state index in [4.69, 9.17) is 4.74 Å². The fourth-order valence-corrected chi connectivity index (χ4v) is 2.44. The van der Waals surface area contributed by atoms with Gasteiger partial charge in [0.15, 0.2) is 5.82 Å². The van der Waals surface area contributed by atoms with Gasteiger partial charge in [-0.25, -0.2) is 0 Å². The van der Waals surface area contributed by atoms with Crippen LogP contribution in [0.3, 0.4) is 0 Å². The fourth-order valence-electron chi connectivity index (χ4n) is 2.44. The van der Waals surface area contributed by atoms with E-state index in [2.05, 4.69) is 20.2 Å². The third kappa shape index (κ3) is 5.00. The zero-order valence-electron chi connectivity index (χ0n) is 16.1. The Hall–Kier alpha value is -3.55. The van der Waals surface area contributed by atoms with Gasteiger partial charge in [0.05, 0.1) is 24.8 Å². The molecule has 0 unspecified atom stereocenters. The quantitative estimate of drug-likeness (QED) is 0.625. The molecular formula is C20H22N6O2. The van der Waals surface area contributed by atoms with Crippen molar-refractivity contribution in [1.82, 2.24) is 25.1 Å². The predicted octanol–water partition coefficient (Wildman–Crippen LogP) is 2.64. The Balaban J connectivity index is 1.65. The number of benzene rings is 1. The number of hydrogen-bond acceptors (Lipinski definition) is 7. The number of rotatable bonds is 7. The van der Waals surface area contributed by atoms with E-state index in [1.807, 2.05) is 42.3 Å². The minimum atomic E-state index is 0.0302. The van der Waals surface area contributed by atoms with Gasteiger partial charge in [-0.15, -0.1) is 0 Å². The van der Waals surface area contributed by atoms with Crippen molar-refractivity contribution in [2.45, 2.75) is 6.92 Å². The number of carbonyl (C=O) groups excluding carboxylic acids is 1. The molecule has 28 heavy (non-hydrogen) atoms. The largest absolute Gasteiger partial charge is 0.437 e. The van der Waals surface area contributed by atoms with Crippen molar-refractivity contribution >= 4 is 11.7 Å². The summed E-state index contributed by atoms with van der Waals surface area (Å²) in [7, 11) is 3.67. The molecule has 0 saturated heterocycles. The standard InChI is InChI=1S/C20H22N6O2/c1-15(27)25(2)10-11-26(3)19-13-21-14-20(24-19)28-18-6-4-16(5-7-18)17-8-9-22-23-12-17/h4-9,12-14H,10-11H2,1-3H3. The highest BCUT2D eigenvalue weighted by molar-refractivity contribution is 5.72. The topological polar surface area (TPSA) is 84.3 Å². The summed E-state index contributed by atoms with van der Waals surface area (Å²) in [5.41, 5.74) is 2.01. The van der Waals surface area contributed by atoms with Crippen molar-refractivity contribution in [2.24, 2.45) is 0 Å². The summed E-state index contributed by atoms with van der Waals surface area (Å²) in [6, 6.07) is 9.54. The fraction of sp³-hybridized carbons (Fsp3) is 0.250. The first-order valence-corrected chi connectivity index (χ1v) is 8.83.